The Labute approximate surface area is 246 Å². The third-order valence-electron chi connectivity index (χ3n) is 9.08. The van der Waals surface area contributed by atoms with Gasteiger partial charge in [0, 0.05) is 43.7 Å². The van der Waals surface area contributed by atoms with E-state index >= 15 is 0 Å². The summed E-state index contributed by atoms with van der Waals surface area (Å²) >= 11 is 0. The molecule has 0 saturated heterocycles. The normalized spacial score (nSPS) is 12.2. The molecule has 0 aliphatic rings. The number of aromatic nitrogens is 2. The number of rotatable bonds is 2. The highest BCUT2D eigenvalue weighted by molar-refractivity contribution is 6.25. The monoisotopic (exact) mass is 548 g/mol. The molecule has 10 rings (SSSR count). The van der Waals surface area contributed by atoms with Crippen LogP contribution in [0.2, 0.25) is 0 Å². The Kier molecular flexibility index (Phi) is 4.45. The Bertz CT molecular complexity index is 2720. The van der Waals surface area contributed by atoms with E-state index in [-0.39, 0.29) is 0 Å². The lowest BCUT2D eigenvalue weighted by atomic mass is 10.0. The SMILES string of the molecule is c1ccc(-n2c3cc4c(cc3c3c5ccccc5ccc32)c2ccccc2n4-c2ccc3oc4ccccc4c3c2)cc1. The highest BCUT2D eigenvalue weighted by atomic mass is 16.3. The average Bonchev–Trinajstić information content (AvgIpc) is 3.71. The van der Waals surface area contributed by atoms with Crippen molar-refractivity contribution in [3.8, 4) is 11.4 Å². The molecular formula is C40H24N2O. The van der Waals surface area contributed by atoms with E-state index in [4.69, 9.17) is 4.42 Å². The highest BCUT2D eigenvalue weighted by Gasteiger charge is 2.20. The minimum Gasteiger partial charge on any atom is -0.456 e. The van der Waals surface area contributed by atoms with E-state index in [1.165, 1.54) is 54.4 Å². The van der Waals surface area contributed by atoms with Gasteiger partial charge in [-0.2, -0.15) is 0 Å². The van der Waals surface area contributed by atoms with E-state index in [1.807, 2.05) is 12.1 Å². The third kappa shape index (κ3) is 3.08. The van der Waals surface area contributed by atoms with Gasteiger partial charge in [-0.25, -0.2) is 0 Å². The van der Waals surface area contributed by atoms with Gasteiger partial charge in [0.15, 0.2) is 0 Å². The third-order valence-corrected chi connectivity index (χ3v) is 9.08. The first kappa shape index (κ1) is 22.8. The standard InChI is InChI=1S/C40H24N2O/c1-2-11-26(12-3-1)41-35-20-18-25-10-4-5-13-28(25)40(35)33-23-31-29-14-6-8-16-34(29)42(36(31)24-37(33)41)27-19-21-39-32(22-27)30-15-7-9-17-38(30)43-39/h1-24H. The zero-order chi connectivity index (χ0) is 28.1. The van der Waals surface area contributed by atoms with E-state index in [0.29, 0.717) is 0 Å². The Morgan fingerprint density at radius 2 is 1.05 bits per heavy atom. The molecule has 200 valence electrons. The predicted molar refractivity (Wildman–Crippen MR) is 180 cm³/mol. The Balaban J connectivity index is 1.39. The molecule has 0 amide bonds. The van der Waals surface area contributed by atoms with Crippen molar-refractivity contribution in [2.45, 2.75) is 0 Å². The van der Waals surface area contributed by atoms with Crippen molar-refractivity contribution in [3.05, 3.63) is 146 Å². The molecule has 3 nitrogen and oxygen atoms in total. The first-order valence-corrected chi connectivity index (χ1v) is 14.7. The van der Waals surface area contributed by atoms with Crippen LogP contribution in [0.4, 0.5) is 0 Å². The van der Waals surface area contributed by atoms with Crippen molar-refractivity contribution in [2.24, 2.45) is 0 Å². The van der Waals surface area contributed by atoms with Crippen molar-refractivity contribution in [3.63, 3.8) is 0 Å². The number of para-hydroxylation sites is 3. The summed E-state index contributed by atoms with van der Waals surface area (Å²) < 4.78 is 11.0. The molecule has 0 unspecified atom stereocenters. The lowest BCUT2D eigenvalue weighted by Crippen LogP contribution is -1.95. The Morgan fingerprint density at radius 3 is 1.95 bits per heavy atom. The second-order valence-electron chi connectivity index (χ2n) is 11.4. The summed E-state index contributed by atoms with van der Waals surface area (Å²) in [6.07, 6.45) is 0. The summed E-state index contributed by atoms with van der Waals surface area (Å²) in [5.41, 5.74) is 8.90. The lowest BCUT2D eigenvalue weighted by molar-refractivity contribution is 0.669. The van der Waals surface area contributed by atoms with Crippen LogP contribution >= 0.6 is 0 Å². The molecule has 3 heteroatoms. The number of nitrogens with zero attached hydrogens (tertiary/aromatic N) is 2. The number of hydrogen-bond donors (Lipinski definition) is 0. The van der Waals surface area contributed by atoms with E-state index in [2.05, 4.69) is 143 Å². The largest absolute Gasteiger partial charge is 0.456 e. The molecule has 0 N–H and O–H groups in total. The summed E-state index contributed by atoms with van der Waals surface area (Å²) in [6, 6.07) is 52.4. The van der Waals surface area contributed by atoms with Gasteiger partial charge in [-0.05, 0) is 71.4 Å². The summed E-state index contributed by atoms with van der Waals surface area (Å²) in [6.45, 7) is 0. The fraction of sp³-hybridized carbons (Fsp3) is 0. The molecule has 0 aliphatic carbocycles. The summed E-state index contributed by atoms with van der Waals surface area (Å²) in [4.78, 5) is 0. The minimum atomic E-state index is 0.907. The number of hydrogen-bond acceptors (Lipinski definition) is 1. The van der Waals surface area contributed by atoms with Crippen LogP contribution in [-0.4, -0.2) is 9.13 Å². The van der Waals surface area contributed by atoms with E-state index in [1.54, 1.807) is 0 Å². The molecule has 0 fully saturated rings. The van der Waals surface area contributed by atoms with Gasteiger partial charge in [0.1, 0.15) is 11.2 Å². The maximum atomic E-state index is 6.18. The van der Waals surface area contributed by atoms with Gasteiger partial charge in [0.05, 0.1) is 22.1 Å². The average molecular weight is 549 g/mol. The Morgan fingerprint density at radius 1 is 0.349 bits per heavy atom. The van der Waals surface area contributed by atoms with Crippen molar-refractivity contribution in [2.75, 3.05) is 0 Å². The van der Waals surface area contributed by atoms with Crippen LogP contribution in [0.3, 0.4) is 0 Å². The summed E-state index contributed by atoms with van der Waals surface area (Å²) in [5.74, 6) is 0. The van der Waals surface area contributed by atoms with Crippen molar-refractivity contribution < 1.29 is 4.42 Å². The van der Waals surface area contributed by atoms with Crippen molar-refractivity contribution >= 4 is 76.3 Å². The van der Waals surface area contributed by atoms with Gasteiger partial charge >= 0.3 is 0 Å². The predicted octanol–water partition coefficient (Wildman–Crippen LogP) is 10.9. The molecule has 3 heterocycles. The molecule has 10 aromatic rings. The quantitative estimate of drug-likeness (QED) is 0.211. The van der Waals surface area contributed by atoms with E-state index in [0.717, 1.165) is 33.3 Å². The zero-order valence-electron chi connectivity index (χ0n) is 23.2. The van der Waals surface area contributed by atoms with Gasteiger partial charge in [0.2, 0.25) is 0 Å². The van der Waals surface area contributed by atoms with Crippen LogP contribution in [0.1, 0.15) is 0 Å². The molecule has 0 saturated carbocycles. The number of furan rings is 1. The van der Waals surface area contributed by atoms with Crippen molar-refractivity contribution in [1.82, 2.24) is 9.13 Å². The second kappa shape index (κ2) is 8.37. The van der Waals surface area contributed by atoms with Crippen LogP contribution in [0.15, 0.2) is 150 Å². The first-order chi connectivity index (χ1) is 21.3. The van der Waals surface area contributed by atoms with Crippen LogP contribution in [0.5, 0.6) is 0 Å². The maximum Gasteiger partial charge on any atom is 0.135 e. The summed E-state index contributed by atoms with van der Waals surface area (Å²) in [7, 11) is 0. The van der Waals surface area contributed by atoms with Gasteiger partial charge in [-0.1, -0.05) is 84.9 Å². The fourth-order valence-corrected chi connectivity index (χ4v) is 7.24. The molecule has 0 spiro atoms. The van der Waals surface area contributed by atoms with Crippen LogP contribution < -0.4 is 0 Å². The lowest BCUT2D eigenvalue weighted by Gasteiger charge is -2.10. The molecule has 0 atom stereocenters. The van der Waals surface area contributed by atoms with Gasteiger partial charge < -0.3 is 13.6 Å². The molecule has 0 aliphatic heterocycles. The summed E-state index contributed by atoms with van der Waals surface area (Å²) in [5, 5.41) is 9.86. The van der Waals surface area contributed by atoms with Gasteiger partial charge in [-0.3, -0.25) is 0 Å². The van der Waals surface area contributed by atoms with Gasteiger partial charge in [0.25, 0.3) is 0 Å². The second-order valence-corrected chi connectivity index (χ2v) is 11.4. The van der Waals surface area contributed by atoms with Gasteiger partial charge in [-0.15, -0.1) is 0 Å². The molecular weight excluding hydrogens is 524 g/mol. The van der Waals surface area contributed by atoms with E-state index < -0.39 is 0 Å². The molecule has 3 aromatic heterocycles. The Hall–Kier alpha value is -5.80. The van der Waals surface area contributed by atoms with Crippen LogP contribution in [-0.2, 0) is 0 Å². The molecule has 0 radical (unpaired) electrons. The molecule has 0 bridgehead atoms. The maximum absolute atomic E-state index is 6.18. The zero-order valence-corrected chi connectivity index (χ0v) is 23.2. The highest BCUT2D eigenvalue weighted by Crippen LogP contribution is 2.42. The molecule has 7 aromatic carbocycles. The molecule has 43 heavy (non-hydrogen) atoms. The topological polar surface area (TPSA) is 23.0 Å². The number of fused-ring (bicyclic) bond motifs is 11. The fourth-order valence-electron chi connectivity index (χ4n) is 7.24. The van der Waals surface area contributed by atoms with E-state index in [9.17, 15) is 0 Å². The smallest absolute Gasteiger partial charge is 0.135 e. The van der Waals surface area contributed by atoms with Crippen LogP contribution in [0, 0.1) is 0 Å². The minimum absolute atomic E-state index is 0.907. The van der Waals surface area contributed by atoms with Crippen molar-refractivity contribution in [1.29, 1.82) is 0 Å². The number of benzene rings is 7. The first-order valence-electron chi connectivity index (χ1n) is 14.7. The van der Waals surface area contributed by atoms with Crippen LogP contribution in [0.25, 0.3) is 87.7 Å².